The van der Waals surface area contributed by atoms with Gasteiger partial charge in [-0.3, -0.25) is 4.79 Å². The highest BCUT2D eigenvalue weighted by atomic mass is 35.5. The highest BCUT2D eigenvalue weighted by Gasteiger charge is 2.43. The molecule has 1 aromatic carbocycles. The molecular formula is C21H22ClN3O4. The van der Waals surface area contributed by atoms with Crippen molar-refractivity contribution in [2.45, 2.75) is 38.7 Å². The van der Waals surface area contributed by atoms with Crippen LogP contribution in [0, 0.1) is 6.92 Å². The van der Waals surface area contributed by atoms with Crippen molar-refractivity contribution < 1.29 is 19.1 Å². The van der Waals surface area contributed by atoms with Crippen LogP contribution in [0.15, 0.2) is 24.3 Å². The van der Waals surface area contributed by atoms with Crippen molar-refractivity contribution in [3.05, 3.63) is 46.1 Å². The van der Waals surface area contributed by atoms with E-state index in [0.717, 1.165) is 5.56 Å². The summed E-state index contributed by atoms with van der Waals surface area (Å²) >= 11 is 6.10. The van der Waals surface area contributed by atoms with Gasteiger partial charge in [-0.25, -0.2) is 4.79 Å². The molecule has 2 aliphatic rings. The molecule has 3 heterocycles. The van der Waals surface area contributed by atoms with Gasteiger partial charge >= 0.3 is 5.97 Å². The molecular weight excluding hydrogens is 394 g/mol. The lowest BCUT2D eigenvalue weighted by Crippen LogP contribution is -2.51. The smallest absolute Gasteiger partial charge is 0.358 e. The molecule has 2 aliphatic heterocycles. The fourth-order valence-corrected chi connectivity index (χ4v) is 4.22. The van der Waals surface area contributed by atoms with Crippen LogP contribution in [-0.2, 0) is 4.74 Å². The van der Waals surface area contributed by atoms with Crippen LogP contribution in [0.25, 0.3) is 0 Å². The van der Waals surface area contributed by atoms with Crippen LogP contribution in [0.2, 0.25) is 5.02 Å². The van der Waals surface area contributed by atoms with Crippen LogP contribution >= 0.6 is 11.6 Å². The van der Waals surface area contributed by atoms with Crippen molar-refractivity contribution in [1.82, 2.24) is 10.2 Å². The number of ether oxygens (including phenoxy) is 2. The van der Waals surface area contributed by atoms with Gasteiger partial charge in [-0.05, 0) is 43.7 Å². The average Bonchev–Trinajstić information content (AvgIpc) is 2.70. The van der Waals surface area contributed by atoms with Gasteiger partial charge in [0, 0.05) is 31.0 Å². The van der Waals surface area contributed by atoms with Gasteiger partial charge in [0.2, 0.25) is 0 Å². The van der Waals surface area contributed by atoms with E-state index in [0.29, 0.717) is 61.1 Å². The first-order chi connectivity index (χ1) is 13.9. The van der Waals surface area contributed by atoms with E-state index in [9.17, 15) is 9.59 Å². The van der Waals surface area contributed by atoms with E-state index >= 15 is 0 Å². The monoisotopic (exact) mass is 415 g/mol. The molecule has 2 aromatic rings. The van der Waals surface area contributed by atoms with Gasteiger partial charge < -0.3 is 14.4 Å². The third-order valence-electron chi connectivity index (χ3n) is 5.47. The van der Waals surface area contributed by atoms with E-state index in [1.54, 1.807) is 25.1 Å². The topological polar surface area (TPSA) is 81.6 Å². The first kappa shape index (κ1) is 19.6. The number of piperidine rings is 1. The molecule has 1 fully saturated rings. The summed E-state index contributed by atoms with van der Waals surface area (Å²) in [4.78, 5) is 26.6. The highest BCUT2D eigenvalue weighted by molar-refractivity contribution is 6.31. The van der Waals surface area contributed by atoms with E-state index in [1.165, 1.54) is 0 Å². The molecule has 0 aliphatic carbocycles. The molecule has 0 atom stereocenters. The molecule has 1 aromatic heterocycles. The first-order valence-electron chi connectivity index (χ1n) is 9.69. The maximum absolute atomic E-state index is 12.8. The number of fused-ring (bicyclic) bond motifs is 1. The maximum atomic E-state index is 12.8. The number of hydrogen-bond donors (Lipinski definition) is 0. The Morgan fingerprint density at radius 1 is 1.28 bits per heavy atom. The normalized spacial score (nSPS) is 17.6. The average molecular weight is 416 g/mol. The SMILES string of the molecule is CCOC(=O)c1ccc(N2CCC3(CC2)CC(=O)c2cc(Cl)cc(C)c2O3)nn1. The molecule has 4 rings (SSSR count). The number of benzene rings is 1. The molecule has 0 radical (unpaired) electrons. The number of carbonyl (C=O) groups excluding carboxylic acids is 2. The van der Waals surface area contributed by atoms with Gasteiger partial charge in [-0.15, -0.1) is 10.2 Å². The van der Waals surface area contributed by atoms with Crippen molar-refractivity contribution in [2.75, 3.05) is 24.6 Å². The zero-order chi connectivity index (χ0) is 20.6. The summed E-state index contributed by atoms with van der Waals surface area (Å²) in [6.45, 7) is 5.32. The third-order valence-corrected chi connectivity index (χ3v) is 5.69. The van der Waals surface area contributed by atoms with Crippen LogP contribution in [0.3, 0.4) is 0 Å². The second-order valence-corrected chi connectivity index (χ2v) is 7.91. The molecule has 0 N–H and O–H groups in total. The summed E-state index contributed by atoms with van der Waals surface area (Å²) in [5.41, 5.74) is 1.14. The minimum atomic E-state index is -0.503. The minimum Gasteiger partial charge on any atom is -0.486 e. The number of anilines is 1. The second kappa shape index (κ2) is 7.63. The fraction of sp³-hybridized carbons (Fsp3) is 0.429. The van der Waals surface area contributed by atoms with Crippen molar-refractivity contribution in [1.29, 1.82) is 0 Å². The minimum absolute atomic E-state index is 0.0730. The van der Waals surface area contributed by atoms with Crippen molar-refractivity contribution in [2.24, 2.45) is 0 Å². The Morgan fingerprint density at radius 3 is 2.69 bits per heavy atom. The molecule has 0 amide bonds. The first-order valence-corrected chi connectivity index (χ1v) is 10.1. The number of nitrogens with zero attached hydrogens (tertiary/aromatic N) is 3. The lowest BCUT2D eigenvalue weighted by molar-refractivity contribution is 0.0225. The number of aryl methyl sites for hydroxylation is 1. The zero-order valence-electron chi connectivity index (χ0n) is 16.4. The van der Waals surface area contributed by atoms with Gasteiger partial charge in [-0.2, -0.15) is 0 Å². The van der Waals surface area contributed by atoms with Gasteiger partial charge in [0.15, 0.2) is 17.3 Å². The molecule has 29 heavy (non-hydrogen) atoms. The summed E-state index contributed by atoms with van der Waals surface area (Å²) in [7, 11) is 0. The number of carbonyl (C=O) groups is 2. The molecule has 0 unspecified atom stereocenters. The Morgan fingerprint density at radius 2 is 2.03 bits per heavy atom. The number of rotatable bonds is 3. The number of aromatic nitrogens is 2. The van der Waals surface area contributed by atoms with Gasteiger partial charge in [-0.1, -0.05) is 11.6 Å². The van der Waals surface area contributed by atoms with E-state index in [-0.39, 0.29) is 11.5 Å². The summed E-state index contributed by atoms with van der Waals surface area (Å²) in [5.74, 6) is 0.937. The number of hydrogen-bond acceptors (Lipinski definition) is 7. The Labute approximate surface area is 174 Å². The summed E-state index contributed by atoms with van der Waals surface area (Å²) in [5, 5.41) is 8.69. The predicted molar refractivity (Wildman–Crippen MR) is 108 cm³/mol. The Balaban J connectivity index is 1.47. The summed E-state index contributed by atoms with van der Waals surface area (Å²) in [6, 6.07) is 6.90. The molecule has 0 bridgehead atoms. The van der Waals surface area contributed by atoms with Crippen molar-refractivity contribution in [3.63, 3.8) is 0 Å². The number of Topliss-reactive ketones (excluding diaryl/α,β-unsaturated/α-hetero) is 1. The van der Waals surface area contributed by atoms with E-state index < -0.39 is 11.6 Å². The molecule has 8 heteroatoms. The molecule has 7 nitrogen and oxygen atoms in total. The van der Waals surface area contributed by atoms with Crippen LogP contribution in [0.5, 0.6) is 5.75 Å². The molecule has 0 saturated carbocycles. The Bertz CT molecular complexity index is 953. The standard InChI is InChI=1S/C21H22ClN3O4/c1-3-28-20(27)16-4-5-18(24-23-16)25-8-6-21(7-9-25)12-17(26)15-11-14(22)10-13(2)19(15)29-21/h4-5,10-11H,3,6-9,12H2,1-2H3. The van der Waals surface area contributed by atoms with Crippen LogP contribution in [-0.4, -0.2) is 47.2 Å². The number of ketones is 1. The van der Waals surface area contributed by atoms with Gasteiger partial charge in [0.25, 0.3) is 0 Å². The highest BCUT2D eigenvalue weighted by Crippen LogP contribution is 2.42. The quantitative estimate of drug-likeness (QED) is 0.708. The van der Waals surface area contributed by atoms with Gasteiger partial charge in [0.05, 0.1) is 18.6 Å². The Kier molecular flexibility index (Phi) is 5.17. The van der Waals surface area contributed by atoms with Gasteiger partial charge in [0.1, 0.15) is 11.4 Å². The van der Waals surface area contributed by atoms with Crippen molar-refractivity contribution >= 4 is 29.2 Å². The van der Waals surface area contributed by atoms with Crippen LogP contribution in [0.4, 0.5) is 5.82 Å². The predicted octanol–water partition coefficient (Wildman–Crippen LogP) is 3.62. The largest absolute Gasteiger partial charge is 0.486 e. The molecule has 152 valence electrons. The van der Waals surface area contributed by atoms with E-state index in [4.69, 9.17) is 21.1 Å². The second-order valence-electron chi connectivity index (χ2n) is 7.47. The third kappa shape index (κ3) is 3.79. The van der Waals surface area contributed by atoms with Crippen LogP contribution in [0.1, 0.15) is 52.6 Å². The van der Waals surface area contributed by atoms with Crippen LogP contribution < -0.4 is 9.64 Å². The molecule has 1 saturated heterocycles. The number of esters is 1. The fourth-order valence-electron chi connectivity index (χ4n) is 3.94. The van der Waals surface area contributed by atoms with Crippen molar-refractivity contribution in [3.8, 4) is 5.75 Å². The summed E-state index contributed by atoms with van der Waals surface area (Å²) in [6.07, 6.45) is 1.74. The Hall–Kier alpha value is -2.67. The lowest BCUT2D eigenvalue weighted by atomic mass is 9.82. The molecule has 1 spiro atoms. The van der Waals surface area contributed by atoms with E-state index in [1.807, 2.05) is 13.0 Å². The number of halogens is 1. The lowest BCUT2D eigenvalue weighted by Gasteiger charge is -2.44. The summed E-state index contributed by atoms with van der Waals surface area (Å²) < 4.78 is 11.3. The maximum Gasteiger partial charge on any atom is 0.358 e. The van der Waals surface area contributed by atoms with E-state index in [2.05, 4.69) is 15.1 Å². The zero-order valence-corrected chi connectivity index (χ0v) is 17.2.